The van der Waals surface area contributed by atoms with Crippen LogP contribution in [0.5, 0.6) is 0 Å². The van der Waals surface area contributed by atoms with E-state index in [1.165, 1.54) is 17.7 Å². The van der Waals surface area contributed by atoms with Crippen LogP contribution in [0.15, 0.2) is 85.5 Å². The fourth-order valence-electron chi connectivity index (χ4n) is 2.77. The highest BCUT2D eigenvalue weighted by molar-refractivity contribution is 5.64. The van der Waals surface area contributed by atoms with Crippen LogP contribution in [0.3, 0.4) is 0 Å². The van der Waals surface area contributed by atoms with Gasteiger partial charge in [0.25, 0.3) is 0 Å². The van der Waals surface area contributed by atoms with Gasteiger partial charge in [0.2, 0.25) is 0 Å². The monoisotopic (exact) mass is 376 g/mol. The second-order valence-corrected chi connectivity index (χ2v) is 6.43. The van der Waals surface area contributed by atoms with Crippen molar-refractivity contribution in [1.82, 2.24) is 0 Å². The molecule has 0 aliphatic heterocycles. The molecule has 0 heterocycles. The average Bonchev–Trinajstić information content (AvgIpc) is 2.71. The number of hydrogen-bond acceptors (Lipinski definition) is 0. The van der Waals surface area contributed by atoms with Crippen molar-refractivity contribution in [1.29, 1.82) is 0 Å². The molecule has 0 bridgehead atoms. The van der Waals surface area contributed by atoms with Gasteiger partial charge >= 0.3 is 6.18 Å². The molecule has 0 amide bonds. The van der Waals surface area contributed by atoms with E-state index in [-0.39, 0.29) is 0 Å². The maximum absolute atomic E-state index is 12.6. The average molecular weight is 376 g/mol. The molecule has 0 fully saturated rings. The molecule has 28 heavy (non-hydrogen) atoms. The predicted octanol–water partition coefficient (Wildman–Crippen LogP) is 6.89. The zero-order chi connectivity index (χ0) is 20.0. The first-order chi connectivity index (χ1) is 13.5. The summed E-state index contributed by atoms with van der Waals surface area (Å²) in [6, 6.07) is 21.1. The highest BCUT2D eigenvalue weighted by Gasteiger charge is 2.29. The molecule has 0 saturated carbocycles. The van der Waals surface area contributed by atoms with E-state index in [2.05, 4.69) is 42.7 Å². The summed E-state index contributed by atoms with van der Waals surface area (Å²) in [5.74, 6) is 5.89. The Kier molecular flexibility index (Phi) is 6.01. The van der Waals surface area contributed by atoms with E-state index in [1.54, 1.807) is 0 Å². The fraction of sp³-hybridized carbons (Fsp3) is 0.120. The summed E-state index contributed by atoms with van der Waals surface area (Å²) in [6.45, 7) is 3.74. The van der Waals surface area contributed by atoms with E-state index < -0.39 is 11.7 Å². The third kappa shape index (κ3) is 5.14. The lowest BCUT2D eigenvalue weighted by atomic mass is 10.0. The second-order valence-electron chi connectivity index (χ2n) is 6.43. The van der Waals surface area contributed by atoms with Crippen molar-refractivity contribution < 1.29 is 13.2 Å². The lowest BCUT2D eigenvalue weighted by Crippen LogP contribution is -2.04. The Morgan fingerprint density at radius 3 is 1.64 bits per heavy atom. The molecule has 0 unspecified atom stereocenters. The third-order valence-electron chi connectivity index (χ3n) is 4.37. The summed E-state index contributed by atoms with van der Waals surface area (Å²) in [5, 5.41) is 0. The quantitative estimate of drug-likeness (QED) is 0.343. The van der Waals surface area contributed by atoms with E-state index >= 15 is 0 Å². The van der Waals surface area contributed by atoms with E-state index in [0.29, 0.717) is 5.56 Å². The molecule has 0 atom stereocenters. The first-order valence-corrected chi connectivity index (χ1v) is 8.95. The van der Waals surface area contributed by atoms with E-state index in [4.69, 9.17) is 0 Å². The Balaban J connectivity index is 1.70. The lowest BCUT2D eigenvalue weighted by molar-refractivity contribution is -0.137. The molecule has 0 N–H and O–H groups in total. The van der Waals surface area contributed by atoms with Gasteiger partial charge in [-0.2, -0.15) is 13.2 Å². The molecule has 0 nitrogen and oxygen atoms in total. The Bertz CT molecular complexity index is 981. The molecule has 0 aromatic heterocycles. The Morgan fingerprint density at radius 2 is 1.18 bits per heavy atom. The van der Waals surface area contributed by atoms with Crippen molar-refractivity contribution in [2.45, 2.75) is 19.0 Å². The number of allylic oxidation sites excluding steroid dienone is 1. The summed E-state index contributed by atoms with van der Waals surface area (Å²) in [4.78, 5) is 0. The standard InChI is InChI=1S/C25H19F3/c1-2-3-4-19-7-13-22(14-8-19)23-15-9-20(10-16-23)5-6-21-11-17-24(18-12-21)25(26,27)28/h2,7-18H,1,3-4H2. The molecule has 140 valence electrons. The molecule has 0 aliphatic carbocycles. The molecule has 3 aromatic carbocycles. The van der Waals surface area contributed by atoms with Crippen LogP contribution < -0.4 is 0 Å². The molecule has 3 aromatic rings. The van der Waals surface area contributed by atoms with Gasteiger partial charge in [0.1, 0.15) is 0 Å². The highest BCUT2D eigenvalue weighted by atomic mass is 19.4. The van der Waals surface area contributed by atoms with Crippen LogP contribution in [0.2, 0.25) is 0 Å². The first-order valence-electron chi connectivity index (χ1n) is 8.95. The van der Waals surface area contributed by atoms with Gasteiger partial charge in [-0.1, -0.05) is 54.3 Å². The number of halogens is 3. The van der Waals surface area contributed by atoms with E-state index in [9.17, 15) is 13.2 Å². The van der Waals surface area contributed by atoms with Gasteiger partial charge < -0.3 is 0 Å². The minimum absolute atomic E-state index is 0.548. The van der Waals surface area contributed by atoms with Crippen molar-refractivity contribution in [2.75, 3.05) is 0 Å². The molecule has 0 aliphatic rings. The number of hydrogen-bond donors (Lipinski definition) is 0. The van der Waals surface area contributed by atoms with Gasteiger partial charge in [-0.05, 0) is 65.9 Å². The molecular weight excluding hydrogens is 357 g/mol. The second kappa shape index (κ2) is 8.63. The number of rotatable bonds is 4. The SMILES string of the molecule is C=CCCc1ccc(-c2ccc(C#Cc3ccc(C(F)(F)F)cc3)cc2)cc1. The Morgan fingerprint density at radius 1 is 0.714 bits per heavy atom. The maximum Gasteiger partial charge on any atom is 0.416 e. The largest absolute Gasteiger partial charge is 0.416 e. The number of alkyl halides is 3. The fourth-order valence-corrected chi connectivity index (χ4v) is 2.77. The van der Waals surface area contributed by atoms with Crippen molar-refractivity contribution in [2.24, 2.45) is 0 Å². The van der Waals surface area contributed by atoms with Gasteiger partial charge in [0, 0.05) is 11.1 Å². The van der Waals surface area contributed by atoms with Crippen LogP contribution in [-0.2, 0) is 12.6 Å². The summed E-state index contributed by atoms with van der Waals surface area (Å²) >= 11 is 0. The number of benzene rings is 3. The number of aryl methyl sites for hydroxylation is 1. The van der Waals surface area contributed by atoms with Gasteiger partial charge in [-0.25, -0.2) is 0 Å². The van der Waals surface area contributed by atoms with Gasteiger partial charge in [0.05, 0.1) is 5.56 Å². The summed E-state index contributed by atoms with van der Waals surface area (Å²) in [5.41, 5.74) is 4.19. The first kappa shape index (κ1) is 19.5. The van der Waals surface area contributed by atoms with Crippen LogP contribution >= 0.6 is 0 Å². The van der Waals surface area contributed by atoms with E-state index in [0.717, 1.165) is 41.7 Å². The van der Waals surface area contributed by atoms with Crippen LogP contribution in [0, 0.1) is 11.8 Å². The maximum atomic E-state index is 12.6. The third-order valence-corrected chi connectivity index (χ3v) is 4.37. The predicted molar refractivity (Wildman–Crippen MR) is 108 cm³/mol. The van der Waals surface area contributed by atoms with Crippen LogP contribution in [0.25, 0.3) is 11.1 Å². The van der Waals surface area contributed by atoms with Crippen molar-refractivity contribution >= 4 is 0 Å². The summed E-state index contributed by atoms with van der Waals surface area (Å²) in [6.07, 6.45) is -0.460. The molecule has 0 radical (unpaired) electrons. The van der Waals surface area contributed by atoms with Crippen LogP contribution in [-0.4, -0.2) is 0 Å². The van der Waals surface area contributed by atoms with E-state index in [1.807, 2.05) is 30.3 Å². The van der Waals surface area contributed by atoms with Crippen LogP contribution in [0.4, 0.5) is 13.2 Å². The molecule has 3 heteroatoms. The summed E-state index contributed by atoms with van der Waals surface area (Å²) in [7, 11) is 0. The van der Waals surface area contributed by atoms with Crippen molar-refractivity contribution in [3.63, 3.8) is 0 Å². The summed E-state index contributed by atoms with van der Waals surface area (Å²) < 4.78 is 37.8. The Hall–Kier alpha value is -3.25. The minimum atomic E-state index is -4.33. The molecule has 0 spiro atoms. The van der Waals surface area contributed by atoms with Crippen LogP contribution in [0.1, 0.15) is 28.7 Å². The molecule has 0 saturated heterocycles. The minimum Gasteiger partial charge on any atom is -0.166 e. The molecular formula is C25H19F3. The van der Waals surface area contributed by atoms with Gasteiger partial charge in [0.15, 0.2) is 0 Å². The zero-order valence-corrected chi connectivity index (χ0v) is 15.3. The van der Waals surface area contributed by atoms with Gasteiger partial charge in [-0.15, -0.1) is 6.58 Å². The Labute approximate surface area is 163 Å². The lowest BCUT2D eigenvalue weighted by Gasteiger charge is -2.05. The van der Waals surface area contributed by atoms with Crippen molar-refractivity contribution in [3.8, 4) is 23.0 Å². The highest BCUT2D eigenvalue weighted by Crippen LogP contribution is 2.29. The molecule has 3 rings (SSSR count). The van der Waals surface area contributed by atoms with Gasteiger partial charge in [-0.3, -0.25) is 0 Å². The van der Waals surface area contributed by atoms with Crippen molar-refractivity contribution in [3.05, 3.63) is 108 Å². The smallest absolute Gasteiger partial charge is 0.166 e. The topological polar surface area (TPSA) is 0 Å². The normalized spacial score (nSPS) is 10.8. The zero-order valence-electron chi connectivity index (χ0n) is 15.3.